The Balaban J connectivity index is 2.09. The van der Waals surface area contributed by atoms with E-state index in [1.165, 1.54) is 4.57 Å². The summed E-state index contributed by atoms with van der Waals surface area (Å²) in [5.74, 6) is 0.277. The van der Waals surface area contributed by atoms with Crippen molar-refractivity contribution < 1.29 is 9.59 Å². The Morgan fingerprint density at radius 1 is 1.29 bits per heavy atom. The monoisotopic (exact) mass is 327 g/mol. The number of benzene rings is 1. The highest BCUT2D eigenvalue weighted by atomic mass is 16.2. The van der Waals surface area contributed by atoms with Crippen molar-refractivity contribution in [2.45, 2.75) is 46.1 Å². The molecule has 0 saturated carbocycles. The normalized spacial score (nSPS) is 18.2. The van der Waals surface area contributed by atoms with E-state index in [0.29, 0.717) is 29.1 Å². The topological polar surface area (TPSA) is 81.1 Å². The maximum absolute atomic E-state index is 12.9. The van der Waals surface area contributed by atoms with Crippen molar-refractivity contribution in [2.24, 2.45) is 5.92 Å². The van der Waals surface area contributed by atoms with Crippen molar-refractivity contribution in [3.05, 3.63) is 39.9 Å². The van der Waals surface area contributed by atoms with Gasteiger partial charge in [-0.2, -0.15) is 0 Å². The summed E-state index contributed by atoms with van der Waals surface area (Å²) in [5.41, 5.74) is 1.56. The molecule has 0 bridgehead atoms. The molecule has 0 aliphatic carbocycles. The summed E-state index contributed by atoms with van der Waals surface area (Å²) in [4.78, 5) is 40.8. The zero-order valence-corrected chi connectivity index (χ0v) is 14.1. The van der Waals surface area contributed by atoms with Gasteiger partial charge in [0, 0.05) is 6.42 Å². The fourth-order valence-corrected chi connectivity index (χ4v) is 3.25. The van der Waals surface area contributed by atoms with Crippen LogP contribution >= 0.6 is 0 Å². The average molecular weight is 327 g/mol. The van der Waals surface area contributed by atoms with Crippen LogP contribution in [-0.2, 0) is 16.0 Å². The van der Waals surface area contributed by atoms with Crippen LogP contribution in [0.5, 0.6) is 0 Å². The minimum atomic E-state index is -0.678. The summed E-state index contributed by atoms with van der Waals surface area (Å²) in [6.45, 7) is 6.01. The Morgan fingerprint density at radius 3 is 2.71 bits per heavy atom. The fourth-order valence-electron chi connectivity index (χ4n) is 3.25. The van der Waals surface area contributed by atoms with Gasteiger partial charge in [-0.1, -0.05) is 19.9 Å². The van der Waals surface area contributed by atoms with Crippen molar-refractivity contribution in [1.29, 1.82) is 0 Å². The maximum Gasteiger partial charge on any atom is 0.262 e. The van der Waals surface area contributed by atoms with E-state index in [-0.39, 0.29) is 17.9 Å². The van der Waals surface area contributed by atoms with Gasteiger partial charge in [0.25, 0.3) is 5.56 Å². The van der Waals surface area contributed by atoms with Crippen LogP contribution in [0.15, 0.2) is 23.0 Å². The van der Waals surface area contributed by atoms with Crippen LogP contribution in [0.4, 0.5) is 0 Å². The van der Waals surface area contributed by atoms with E-state index in [1.807, 2.05) is 12.1 Å². The molecule has 1 saturated heterocycles. The highest BCUT2D eigenvalue weighted by molar-refractivity contribution is 5.99. The molecule has 1 aliphatic heterocycles. The van der Waals surface area contributed by atoms with Gasteiger partial charge in [-0.3, -0.25) is 24.3 Å². The second-order valence-electron chi connectivity index (χ2n) is 6.75. The van der Waals surface area contributed by atoms with Crippen LogP contribution in [0.1, 0.15) is 44.1 Å². The minimum Gasteiger partial charge on any atom is -0.295 e. The van der Waals surface area contributed by atoms with E-state index < -0.39 is 11.9 Å². The molecule has 0 radical (unpaired) electrons. The molecule has 1 aromatic heterocycles. The molecule has 1 fully saturated rings. The molecule has 2 amide bonds. The zero-order valence-electron chi connectivity index (χ0n) is 14.1. The van der Waals surface area contributed by atoms with Gasteiger partial charge in [0.15, 0.2) is 0 Å². The van der Waals surface area contributed by atoms with E-state index in [4.69, 9.17) is 0 Å². The lowest BCUT2D eigenvalue weighted by Crippen LogP contribution is -2.45. The molecule has 1 aromatic carbocycles. The number of imide groups is 1. The summed E-state index contributed by atoms with van der Waals surface area (Å²) >= 11 is 0. The maximum atomic E-state index is 12.9. The Kier molecular flexibility index (Phi) is 4.22. The number of aryl methyl sites for hydroxylation is 1. The molecule has 126 valence electrons. The smallest absolute Gasteiger partial charge is 0.262 e. The number of fused-ring (bicyclic) bond motifs is 1. The molecule has 2 heterocycles. The predicted molar refractivity (Wildman–Crippen MR) is 90.7 cm³/mol. The Hall–Kier alpha value is -2.50. The van der Waals surface area contributed by atoms with Crippen LogP contribution in [0.2, 0.25) is 0 Å². The first kappa shape index (κ1) is 16.4. The first-order valence-electron chi connectivity index (χ1n) is 8.22. The van der Waals surface area contributed by atoms with Gasteiger partial charge in [-0.15, -0.1) is 0 Å². The third kappa shape index (κ3) is 2.96. The summed E-state index contributed by atoms with van der Waals surface area (Å²) in [5, 5.41) is 2.79. The standard InChI is InChI=1S/C18H21N3O3/c1-10(2)8-12-4-5-13-14(9-12)19-11(3)21(18(13)24)15-6-7-16(22)20-17(15)23/h4-5,9-10,15H,6-8H2,1-3H3,(H,20,22,23). The molecular formula is C18H21N3O3. The molecule has 2 aromatic rings. The van der Waals surface area contributed by atoms with E-state index in [2.05, 4.69) is 24.1 Å². The van der Waals surface area contributed by atoms with Gasteiger partial charge in [-0.05, 0) is 43.4 Å². The quantitative estimate of drug-likeness (QED) is 0.873. The predicted octanol–water partition coefficient (Wildman–Crippen LogP) is 1.88. The number of nitrogens with one attached hydrogen (secondary N) is 1. The van der Waals surface area contributed by atoms with Crippen LogP contribution in [0.25, 0.3) is 10.9 Å². The van der Waals surface area contributed by atoms with Crippen LogP contribution in [0, 0.1) is 12.8 Å². The third-order valence-corrected chi connectivity index (χ3v) is 4.31. The molecule has 0 spiro atoms. The largest absolute Gasteiger partial charge is 0.295 e. The van der Waals surface area contributed by atoms with Gasteiger partial charge in [0.1, 0.15) is 11.9 Å². The molecule has 6 heteroatoms. The number of rotatable bonds is 3. The zero-order chi connectivity index (χ0) is 17.4. The summed E-state index contributed by atoms with van der Waals surface area (Å²) in [6.07, 6.45) is 1.48. The fraction of sp³-hybridized carbons (Fsp3) is 0.444. The van der Waals surface area contributed by atoms with Crippen molar-refractivity contribution in [3.63, 3.8) is 0 Å². The number of hydrogen-bond acceptors (Lipinski definition) is 4. The Labute approximate surface area is 139 Å². The SMILES string of the molecule is Cc1nc2cc(CC(C)C)ccc2c(=O)n1C1CCC(=O)NC1=O. The lowest BCUT2D eigenvalue weighted by molar-refractivity contribution is -0.135. The molecule has 1 aliphatic rings. The lowest BCUT2D eigenvalue weighted by Gasteiger charge is -2.24. The first-order chi connectivity index (χ1) is 11.4. The van der Waals surface area contributed by atoms with Crippen LogP contribution < -0.4 is 10.9 Å². The highest BCUT2D eigenvalue weighted by Gasteiger charge is 2.30. The number of piperidine rings is 1. The van der Waals surface area contributed by atoms with Crippen molar-refractivity contribution in [2.75, 3.05) is 0 Å². The van der Waals surface area contributed by atoms with Gasteiger partial charge in [0.2, 0.25) is 11.8 Å². The highest BCUT2D eigenvalue weighted by Crippen LogP contribution is 2.20. The number of aromatic nitrogens is 2. The summed E-state index contributed by atoms with van der Waals surface area (Å²) in [6, 6.07) is 4.99. The van der Waals surface area contributed by atoms with Gasteiger partial charge in [0.05, 0.1) is 10.9 Å². The summed E-state index contributed by atoms with van der Waals surface area (Å²) in [7, 11) is 0. The van der Waals surface area contributed by atoms with Gasteiger partial charge < -0.3 is 0 Å². The average Bonchev–Trinajstić information content (AvgIpc) is 2.48. The Bertz CT molecular complexity index is 883. The molecule has 1 atom stereocenters. The molecule has 6 nitrogen and oxygen atoms in total. The van der Waals surface area contributed by atoms with Crippen LogP contribution in [0.3, 0.4) is 0 Å². The molecular weight excluding hydrogens is 306 g/mol. The van der Waals surface area contributed by atoms with E-state index in [0.717, 1.165) is 12.0 Å². The first-order valence-corrected chi connectivity index (χ1v) is 8.22. The lowest BCUT2D eigenvalue weighted by atomic mass is 10.0. The molecule has 24 heavy (non-hydrogen) atoms. The second kappa shape index (κ2) is 6.19. The van der Waals surface area contributed by atoms with Gasteiger partial charge in [-0.25, -0.2) is 4.98 Å². The van der Waals surface area contributed by atoms with Crippen LogP contribution in [-0.4, -0.2) is 21.4 Å². The number of nitrogens with zero attached hydrogens (tertiary/aromatic N) is 2. The second-order valence-corrected chi connectivity index (χ2v) is 6.75. The minimum absolute atomic E-state index is 0.230. The number of carbonyl (C=O) groups excluding carboxylic acids is 2. The van der Waals surface area contributed by atoms with Crippen molar-refractivity contribution >= 4 is 22.7 Å². The van der Waals surface area contributed by atoms with E-state index >= 15 is 0 Å². The Morgan fingerprint density at radius 2 is 2.04 bits per heavy atom. The third-order valence-electron chi connectivity index (χ3n) is 4.31. The van der Waals surface area contributed by atoms with E-state index in [1.54, 1.807) is 13.0 Å². The molecule has 1 N–H and O–H groups in total. The summed E-state index contributed by atoms with van der Waals surface area (Å²) < 4.78 is 1.41. The van der Waals surface area contributed by atoms with Crippen molar-refractivity contribution in [1.82, 2.24) is 14.9 Å². The van der Waals surface area contributed by atoms with E-state index in [9.17, 15) is 14.4 Å². The number of carbonyl (C=O) groups is 2. The van der Waals surface area contributed by atoms with Crippen molar-refractivity contribution in [3.8, 4) is 0 Å². The van der Waals surface area contributed by atoms with Gasteiger partial charge >= 0.3 is 0 Å². The number of hydrogen-bond donors (Lipinski definition) is 1. The number of amides is 2. The molecule has 3 rings (SSSR count). The molecule has 1 unspecified atom stereocenters.